The van der Waals surface area contributed by atoms with E-state index in [0.717, 1.165) is 0 Å². The van der Waals surface area contributed by atoms with Crippen LogP contribution < -0.4 is 5.73 Å². The molecule has 96 valence electrons. The van der Waals surface area contributed by atoms with Crippen LogP contribution in [0, 0.1) is 5.92 Å². The van der Waals surface area contributed by atoms with Crippen LogP contribution in [0.4, 0.5) is 0 Å². The zero-order valence-electron chi connectivity index (χ0n) is 10.9. The van der Waals surface area contributed by atoms with Crippen molar-refractivity contribution in [1.82, 2.24) is 19.9 Å². The van der Waals surface area contributed by atoms with Gasteiger partial charge in [-0.05, 0) is 12.8 Å². The van der Waals surface area contributed by atoms with E-state index in [9.17, 15) is 4.79 Å². The first-order valence-corrected chi connectivity index (χ1v) is 5.84. The molecule has 1 aromatic rings. The lowest BCUT2D eigenvalue weighted by molar-refractivity contribution is 0.0701. The Hall–Kier alpha value is -1.43. The van der Waals surface area contributed by atoms with Gasteiger partial charge in [0.2, 0.25) is 0 Å². The first-order chi connectivity index (χ1) is 7.97. The summed E-state index contributed by atoms with van der Waals surface area (Å²) in [7, 11) is 1.79. The summed E-state index contributed by atoms with van der Waals surface area (Å²) in [5.74, 6) is 0.303. The third-order valence-electron chi connectivity index (χ3n) is 3.01. The summed E-state index contributed by atoms with van der Waals surface area (Å²) >= 11 is 0. The van der Waals surface area contributed by atoms with E-state index in [1.54, 1.807) is 22.8 Å². The molecule has 1 amide bonds. The number of carbonyl (C=O) groups excluding carboxylic acids is 1. The Morgan fingerprint density at radius 2 is 2.18 bits per heavy atom. The fourth-order valence-corrected chi connectivity index (χ4v) is 1.45. The van der Waals surface area contributed by atoms with Crippen molar-refractivity contribution in [3.63, 3.8) is 0 Å². The third-order valence-corrected chi connectivity index (χ3v) is 3.01. The number of nitrogens with two attached hydrogens (primary N) is 1. The Bertz CT molecular complexity index is 374. The highest BCUT2D eigenvalue weighted by Crippen LogP contribution is 2.10. The summed E-state index contributed by atoms with van der Waals surface area (Å²) in [6.07, 6.45) is 1.64. The molecule has 0 aliphatic rings. The van der Waals surface area contributed by atoms with Crippen LogP contribution in [0.3, 0.4) is 0 Å². The van der Waals surface area contributed by atoms with E-state index in [1.807, 2.05) is 6.92 Å². The maximum absolute atomic E-state index is 12.1. The number of nitrogens with zero attached hydrogens (tertiary/aromatic N) is 4. The summed E-state index contributed by atoms with van der Waals surface area (Å²) < 4.78 is 1.58. The van der Waals surface area contributed by atoms with Crippen LogP contribution in [-0.2, 0) is 6.54 Å². The van der Waals surface area contributed by atoms with Crippen molar-refractivity contribution in [3.05, 3.63) is 11.9 Å². The molecule has 0 spiro atoms. The van der Waals surface area contributed by atoms with E-state index in [1.165, 1.54) is 0 Å². The second-order valence-corrected chi connectivity index (χ2v) is 4.56. The predicted octanol–water partition coefficient (Wildman–Crippen LogP) is 0.353. The molecule has 0 saturated carbocycles. The molecule has 0 aromatic carbocycles. The second-order valence-electron chi connectivity index (χ2n) is 4.56. The molecule has 0 fully saturated rings. The van der Waals surface area contributed by atoms with Gasteiger partial charge in [-0.2, -0.15) is 0 Å². The lowest BCUT2D eigenvalue weighted by Crippen LogP contribution is -2.38. The summed E-state index contributed by atoms with van der Waals surface area (Å²) in [6, 6.07) is 0.169. The molecular weight excluding hydrogens is 218 g/mol. The Labute approximate surface area is 102 Å². The second kappa shape index (κ2) is 5.77. The topological polar surface area (TPSA) is 77.0 Å². The number of aromatic nitrogens is 3. The minimum Gasteiger partial charge on any atom is -0.337 e. The van der Waals surface area contributed by atoms with E-state index in [2.05, 4.69) is 24.2 Å². The number of hydrogen-bond donors (Lipinski definition) is 1. The minimum absolute atomic E-state index is 0.102. The summed E-state index contributed by atoms with van der Waals surface area (Å²) in [6.45, 7) is 7.24. The maximum atomic E-state index is 12.1. The molecule has 0 saturated heterocycles. The van der Waals surface area contributed by atoms with E-state index in [-0.39, 0.29) is 11.9 Å². The van der Waals surface area contributed by atoms with Crippen LogP contribution in [0.2, 0.25) is 0 Å². The van der Waals surface area contributed by atoms with Crippen molar-refractivity contribution in [2.75, 3.05) is 13.6 Å². The average Bonchev–Trinajstić information content (AvgIpc) is 2.75. The minimum atomic E-state index is -0.102. The van der Waals surface area contributed by atoms with Gasteiger partial charge in [0.1, 0.15) is 0 Å². The molecule has 6 heteroatoms. The largest absolute Gasteiger partial charge is 0.337 e. The molecule has 0 aliphatic heterocycles. The number of amides is 1. The maximum Gasteiger partial charge on any atom is 0.276 e. The fourth-order valence-electron chi connectivity index (χ4n) is 1.45. The summed E-state index contributed by atoms with van der Waals surface area (Å²) in [4.78, 5) is 13.8. The highest BCUT2D eigenvalue weighted by Gasteiger charge is 2.22. The highest BCUT2D eigenvalue weighted by molar-refractivity contribution is 5.91. The number of hydrogen-bond acceptors (Lipinski definition) is 4. The Balaban J connectivity index is 2.74. The molecular formula is C11H21N5O. The van der Waals surface area contributed by atoms with Gasteiger partial charge >= 0.3 is 0 Å². The molecule has 0 radical (unpaired) electrons. The van der Waals surface area contributed by atoms with Crippen molar-refractivity contribution in [2.45, 2.75) is 33.4 Å². The van der Waals surface area contributed by atoms with Crippen molar-refractivity contribution < 1.29 is 4.79 Å². The summed E-state index contributed by atoms with van der Waals surface area (Å²) in [5.41, 5.74) is 5.78. The van der Waals surface area contributed by atoms with Gasteiger partial charge in [0.15, 0.2) is 5.69 Å². The normalized spacial score (nSPS) is 12.8. The van der Waals surface area contributed by atoms with Crippen LogP contribution in [0.25, 0.3) is 0 Å². The van der Waals surface area contributed by atoms with E-state index < -0.39 is 0 Å². The van der Waals surface area contributed by atoms with Gasteiger partial charge in [-0.15, -0.1) is 5.10 Å². The monoisotopic (exact) mass is 239 g/mol. The van der Waals surface area contributed by atoms with Crippen LogP contribution in [0.5, 0.6) is 0 Å². The van der Waals surface area contributed by atoms with Gasteiger partial charge in [-0.1, -0.05) is 19.1 Å². The molecule has 1 aromatic heterocycles. The van der Waals surface area contributed by atoms with Gasteiger partial charge in [-0.3, -0.25) is 9.48 Å². The van der Waals surface area contributed by atoms with Crippen LogP contribution >= 0.6 is 0 Å². The van der Waals surface area contributed by atoms with Crippen LogP contribution in [0.15, 0.2) is 6.20 Å². The Morgan fingerprint density at radius 1 is 1.53 bits per heavy atom. The van der Waals surface area contributed by atoms with Gasteiger partial charge in [0.05, 0.1) is 12.7 Å². The van der Waals surface area contributed by atoms with Crippen molar-refractivity contribution in [3.8, 4) is 0 Å². The first kappa shape index (κ1) is 13.6. The molecule has 1 unspecified atom stereocenters. The highest BCUT2D eigenvalue weighted by atomic mass is 16.2. The Morgan fingerprint density at radius 3 is 2.71 bits per heavy atom. The molecule has 6 nitrogen and oxygen atoms in total. The van der Waals surface area contributed by atoms with Gasteiger partial charge in [0, 0.05) is 19.6 Å². The quantitative estimate of drug-likeness (QED) is 0.804. The van der Waals surface area contributed by atoms with Gasteiger partial charge in [0.25, 0.3) is 5.91 Å². The van der Waals surface area contributed by atoms with Gasteiger partial charge < -0.3 is 10.6 Å². The average molecular weight is 239 g/mol. The zero-order chi connectivity index (χ0) is 13.0. The molecule has 1 atom stereocenters. The van der Waals surface area contributed by atoms with Crippen molar-refractivity contribution in [2.24, 2.45) is 11.7 Å². The first-order valence-electron chi connectivity index (χ1n) is 5.84. The zero-order valence-corrected chi connectivity index (χ0v) is 10.9. The van der Waals surface area contributed by atoms with Crippen molar-refractivity contribution in [1.29, 1.82) is 0 Å². The fraction of sp³-hybridized carbons (Fsp3) is 0.727. The third kappa shape index (κ3) is 3.26. The standard InChI is InChI=1S/C11H21N5O/c1-8(2)9(3)15(4)11(17)10-7-16(6-5-12)14-13-10/h7-9H,5-6,12H2,1-4H3. The smallest absolute Gasteiger partial charge is 0.276 e. The molecule has 17 heavy (non-hydrogen) atoms. The van der Waals surface area contributed by atoms with Gasteiger partial charge in [-0.25, -0.2) is 0 Å². The lowest BCUT2D eigenvalue weighted by atomic mass is 10.1. The van der Waals surface area contributed by atoms with Crippen LogP contribution in [-0.4, -0.2) is 45.4 Å². The molecule has 1 rings (SSSR count). The molecule has 0 aliphatic carbocycles. The molecule has 2 N–H and O–H groups in total. The molecule has 1 heterocycles. The molecule has 0 bridgehead atoms. The van der Waals surface area contributed by atoms with E-state index in [0.29, 0.717) is 24.7 Å². The number of rotatable bonds is 5. The van der Waals surface area contributed by atoms with Crippen LogP contribution in [0.1, 0.15) is 31.3 Å². The van der Waals surface area contributed by atoms with E-state index in [4.69, 9.17) is 5.73 Å². The lowest BCUT2D eigenvalue weighted by Gasteiger charge is -2.27. The Kier molecular flexibility index (Phi) is 4.62. The van der Waals surface area contributed by atoms with E-state index >= 15 is 0 Å². The SMILES string of the molecule is CC(C)C(C)N(C)C(=O)c1cn(CCN)nn1. The predicted molar refractivity (Wildman–Crippen MR) is 65.5 cm³/mol. The summed E-state index contributed by atoms with van der Waals surface area (Å²) in [5, 5.41) is 7.72. The number of carbonyl (C=O) groups is 1. The van der Waals surface area contributed by atoms with Crippen molar-refractivity contribution >= 4 is 5.91 Å².